The first-order valence-corrected chi connectivity index (χ1v) is 14.8. The Hall–Kier alpha value is -2.00. The first-order valence-electron chi connectivity index (χ1n) is 11.1. The van der Waals surface area contributed by atoms with E-state index in [1.165, 1.54) is 5.56 Å². The second kappa shape index (κ2) is 11.6. The summed E-state index contributed by atoms with van der Waals surface area (Å²) in [5, 5.41) is 6.87. The zero-order valence-electron chi connectivity index (χ0n) is 19.5. The fraction of sp³-hybridized carbons (Fsp3) is 0.565. The van der Waals surface area contributed by atoms with Gasteiger partial charge in [0.1, 0.15) is 19.2 Å². The Morgan fingerprint density at radius 1 is 1.10 bits per heavy atom. The van der Waals surface area contributed by atoms with Crippen molar-refractivity contribution in [3.63, 3.8) is 0 Å². The Balaban J connectivity index is 1.52. The number of hydrogen-bond donors (Lipinski definition) is 0. The summed E-state index contributed by atoms with van der Waals surface area (Å²) >= 11 is 0. The van der Waals surface area contributed by atoms with Crippen molar-refractivity contribution in [2.24, 2.45) is 5.10 Å². The first-order chi connectivity index (χ1) is 14.9. The van der Waals surface area contributed by atoms with Crippen LogP contribution in [-0.4, -0.2) is 73.6 Å². The van der Waals surface area contributed by atoms with Gasteiger partial charge in [0.05, 0.1) is 18.1 Å². The molecule has 1 aliphatic rings. The molecule has 8 heteroatoms. The number of aromatic nitrogens is 2. The number of hydrogen-bond acceptors (Lipinski definition) is 6. The Labute approximate surface area is 187 Å². The van der Waals surface area contributed by atoms with Crippen LogP contribution in [0, 0.1) is 0 Å². The second-order valence-electron chi connectivity index (χ2n) is 9.27. The SMILES string of the molecule is COCc1ncc(/C=N/N2CCN(Cc3ccccc3)CC2)n1COCC[Si](C)(C)C. The quantitative estimate of drug-likeness (QED) is 0.302. The standard InChI is InChI=1S/C23H37N5O2Si/c1-29-19-23-24-16-22(28(23)20-30-14-15-31(2,3)4)17-25-27-12-10-26(11-13-27)18-21-8-6-5-7-9-21/h5-9,16-17H,10-15,18-20H2,1-4H3/b25-17+. The lowest BCUT2D eigenvalue weighted by Crippen LogP contribution is -2.43. The molecule has 3 rings (SSSR count). The normalized spacial score (nSPS) is 15.8. The molecule has 0 amide bonds. The first kappa shape index (κ1) is 23.7. The average molecular weight is 444 g/mol. The van der Waals surface area contributed by atoms with Gasteiger partial charge >= 0.3 is 0 Å². The molecule has 0 bridgehead atoms. The van der Waals surface area contributed by atoms with Crippen LogP contribution in [0.15, 0.2) is 41.6 Å². The summed E-state index contributed by atoms with van der Waals surface area (Å²) in [7, 11) is 0.587. The number of rotatable bonds is 11. The van der Waals surface area contributed by atoms with Crippen molar-refractivity contribution in [2.75, 3.05) is 39.9 Å². The van der Waals surface area contributed by atoms with Crippen molar-refractivity contribution in [1.29, 1.82) is 0 Å². The van der Waals surface area contributed by atoms with Crippen molar-refractivity contribution in [3.05, 3.63) is 53.6 Å². The minimum Gasteiger partial charge on any atom is -0.377 e. The molecule has 170 valence electrons. The number of methoxy groups -OCH3 is 1. The molecule has 0 spiro atoms. The molecule has 0 atom stereocenters. The van der Waals surface area contributed by atoms with E-state index < -0.39 is 8.07 Å². The van der Waals surface area contributed by atoms with E-state index >= 15 is 0 Å². The Morgan fingerprint density at radius 3 is 2.52 bits per heavy atom. The number of hydrazone groups is 1. The summed E-state index contributed by atoms with van der Waals surface area (Å²) in [4.78, 5) is 6.99. The third-order valence-corrected chi connectivity index (χ3v) is 7.11. The van der Waals surface area contributed by atoms with Gasteiger partial charge in [-0.2, -0.15) is 5.10 Å². The molecule has 7 nitrogen and oxygen atoms in total. The maximum atomic E-state index is 5.96. The Bertz CT molecular complexity index is 811. The van der Waals surface area contributed by atoms with Gasteiger partial charge in [-0.05, 0) is 11.6 Å². The van der Waals surface area contributed by atoms with E-state index in [9.17, 15) is 0 Å². The molecule has 0 aliphatic carbocycles. The smallest absolute Gasteiger partial charge is 0.137 e. The fourth-order valence-corrected chi connectivity index (χ4v) is 4.21. The molecule has 0 N–H and O–H groups in total. The zero-order chi connectivity index (χ0) is 22.1. The van der Waals surface area contributed by atoms with Gasteiger partial charge in [-0.25, -0.2) is 4.98 Å². The highest BCUT2D eigenvalue weighted by Gasteiger charge is 2.16. The van der Waals surface area contributed by atoms with Gasteiger partial charge in [-0.15, -0.1) is 0 Å². The van der Waals surface area contributed by atoms with Crippen LogP contribution in [0.4, 0.5) is 0 Å². The molecule has 0 unspecified atom stereocenters. The summed E-state index contributed by atoms with van der Waals surface area (Å²) in [5.41, 5.74) is 2.31. The summed E-state index contributed by atoms with van der Waals surface area (Å²) < 4.78 is 13.3. The van der Waals surface area contributed by atoms with Crippen LogP contribution in [0.3, 0.4) is 0 Å². The van der Waals surface area contributed by atoms with Gasteiger partial charge in [0.25, 0.3) is 0 Å². The highest BCUT2D eigenvalue weighted by molar-refractivity contribution is 6.76. The van der Waals surface area contributed by atoms with Crippen molar-refractivity contribution in [1.82, 2.24) is 19.5 Å². The molecule has 1 aromatic heterocycles. The van der Waals surface area contributed by atoms with Crippen LogP contribution in [-0.2, 0) is 29.4 Å². The van der Waals surface area contributed by atoms with Gasteiger partial charge in [0.15, 0.2) is 0 Å². The highest BCUT2D eigenvalue weighted by Crippen LogP contribution is 2.11. The Morgan fingerprint density at radius 2 is 1.84 bits per heavy atom. The molecule has 1 saturated heterocycles. The van der Waals surface area contributed by atoms with E-state index in [4.69, 9.17) is 14.6 Å². The third-order valence-electron chi connectivity index (χ3n) is 5.41. The lowest BCUT2D eigenvalue weighted by molar-refractivity contribution is 0.0784. The average Bonchev–Trinajstić information content (AvgIpc) is 3.12. The molecular formula is C23H37N5O2Si. The van der Waals surface area contributed by atoms with Crippen molar-refractivity contribution in [2.45, 2.75) is 45.6 Å². The van der Waals surface area contributed by atoms with Crippen LogP contribution in [0.5, 0.6) is 0 Å². The molecule has 31 heavy (non-hydrogen) atoms. The molecule has 1 aromatic carbocycles. The van der Waals surface area contributed by atoms with Crippen LogP contribution < -0.4 is 0 Å². The molecular weight excluding hydrogens is 406 g/mol. The largest absolute Gasteiger partial charge is 0.377 e. The summed E-state index contributed by atoms with van der Waals surface area (Å²) in [6.45, 7) is 13.7. The van der Waals surface area contributed by atoms with Gasteiger partial charge in [0.2, 0.25) is 0 Å². The number of ether oxygens (including phenoxy) is 2. The monoisotopic (exact) mass is 443 g/mol. The van der Waals surface area contributed by atoms with E-state index in [2.05, 4.69) is 69.4 Å². The van der Waals surface area contributed by atoms with Crippen LogP contribution >= 0.6 is 0 Å². The highest BCUT2D eigenvalue weighted by atomic mass is 28.3. The van der Waals surface area contributed by atoms with Crippen molar-refractivity contribution in [3.8, 4) is 0 Å². The summed E-state index contributed by atoms with van der Waals surface area (Å²) in [5.74, 6) is 0.865. The van der Waals surface area contributed by atoms with Crippen LogP contribution in [0.25, 0.3) is 0 Å². The second-order valence-corrected chi connectivity index (χ2v) is 14.9. The van der Waals surface area contributed by atoms with E-state index in [1.807, 2.05) is 12.4 Å². The lowest BCUT2D eigenvalue weighted by Gasteiger charge is -2.33. The maximum absolute atomic E-state index is 5.96. The summed E-state index contributed by atoms with van der Waals surface area (Å²) in [6, 6.07) is 11.8. The Kier molecular flexibility index (Phi) is 8.83. The molecule has 2 aromatic rings. The topological polar surface area (TPSA) is 55.1 Å². The van der Waals surface area contributed by atoms with Crippen molar-refractivity contribution >= 4 is 14.3 Å². The molecule has 2 heterocycles. The van der Waals surface area contributed by atoms with E-state index in [-0.39, 0.29) is 0 Å². The number of benzene rings is 1. The minimum absolute atomic E-state index is 0.462. The predicted octanol–water partition coefficient (Wildman–Crippen LogP) is 3.49. The lowest BCUT2D eigenvalue weighted by atomic mass is 10.2. The van der Waals surface area contributed by atoms with Crippen LogP contribution in [0.1, 0.15) is 17.1 Å². The number of nitrogens with zero attached hydrogens (tertiary/aromatic N) is 5. The fourth-order valence-electron chi connectivity index (χ4n) is 3.45. The number of piperazine rings is 1. The van der Waals surface area contributed by atoms with Gasteiger partial charge in [-0.1, -0.05) is 50.0 Å². The third kappa shape index (κ3) is 7.88. The molecule has 1 aliphatic heterocycles. The van der Waals surface area contributed by atoms with Gasteiger partial charge in [0, 0.05) is 54.5 Å². The minimum atomic E-state index is -1.10. The van der Waals surface area contributed by atoms with Crippen LogP contribution in [0.2, 0.25) is 25.7 Å². The maximum Gasteiger partial charge on any atom is 0.137 e. The molecule has 0 saturated carbocycles. The van der Waals surface area contributed by atoms with Gasteiger partial charge < -0.3 is 14.0 Å². The predicted molar refractivity (Wildman–Crippen MR) is 128 cm³/mol. The van der Waals surface area contributed by atoms with E-state index in [1.54, 1.807) is 7.11 Å². The molecule has 0 radical (unpaired) electrons. The summed E-state index contributed by atoms with van der Waals surface area (Å²) in [6.07, 6.45) is 3.76. The van der Waals surface area contributed by atoms with Gasteiger partial charge in [-0.3, -0.25) is 9.91 Å². The van der Waals surface area contributed by atoms with E-state index in [0.717, 1.165) is 56.9 Å². The zero-order valence-corrected chi connectivity index (χ0v) is 20.5. The number of imidazole rings is 1. The van der Waals surface area contributed by atoms with E-state index in [0.29, 0.717) is 13.3 Å². The van der Waals surface area contributed by atoms with Crippen molar-refractivity contribution < 1.29 is 9.47 Å². The molecule has 1 fully saturated rings.